The first-order valence-corrected chi connectivity index (χ1v) is 2.65. The number of hydrogen-bond donors (Lipinski definition) is 1. The number of aliphatic imine (C=N–C) groups is 1. The molecule has 0 aromatic heterocycles. The molecule has 0 aromatic carbocycles. The number of halogens is 1. The zero-order valence-corrected chi connectivity index (χ0v) is 5.90. The summed E-state index contributed by atoms with van der Waals surface area (Å²) in [6, 6.07) is 0. The minimum atomic E-state index is -0.419. The third kappa shape index (κ3) is 2.26. The Bertz CT molecular complexity index is 154. The summed E-state index contributed by atoms with van der Waals surface area (Å²) in [5, 5.41) is 0. The molecule has 0 atom stereocenters. The van der Waals surface area contributed by atoms with Crippen molar-refractivity contribution in [2.45, 2.75) is 13.8 Å². The monoisotopic (exact) mass is 130 g/mol. The summed E-state index contributed by atoms with van der Waals surface area (Å²) >= 11 is 0. The lowest BCUT2D eigenvalue weighted by atomic mass is 10.3. The second kappa shape index (κ2) is 3.22. The summed E-state index contributed by atoms with van der Waals surface area (Å²) in [6.45, 7) is 3.08. The van der Waals surface area contributed by atoms with Crippen molar-refractivity contribution in [1.29, 1.82) is 0 Å². The molecule has 0 amide bonds. The van der Waals surface area contributed by atoms with Crippen molar-refractivity contribution in [1.82, 2.24) is 0 Å². The van der Waals surface area contributed by atoms with E-state index in [0.717, 1.165) is 0 Å². The van der Waals surface area contributed by atoms with Crippen molar-refractivity contribution >= 4 is 5.71 Å². The van der Waals surface area contributed by atoms with E-state index in [2.05, 4.69) is 4.99 Å². The van der Waals surface area contributed by atoms with Crippen LogP contribution in [0.25, 0.3) is 0 Å². The SMILES string of the molecule is CN=C(C)/C(F)=C(/C)N. The molecule has 0 saturated heterocycles. The summed E-state index contributed by atoms with van der Waals surface area (Å²) in [4.78, 5) is 3.61. The van der Waals surface area contributed by atoms with Crippen LogP contribution in [0.1, 0.15) is 13.8 Å². The molecular weight excluding hydrogens is 119 g/mol. The fourth-order valence-corrected chi connectivity index (χ4v) is 0.384. The van der Waals surface area contributed by atoms with Crippen LogP contribution < -0.4 is 5.73 Å². The molecule has 0 aliphatic rings. The summed E-state index contributed by atoms with van der Waals surface area (Å²) in [7, 11) is 1.53. The molecule has 0 bridgehead atoms. The zero-order chi connectivity index (χ0) is 7.44. The number of rotatable bonds is 1. The van der Waals surface area contributed by atoms with Crippen LogP contribution in [0, 0.1) is 0 Å². The minimum Gasteiger partial charge on any atom is -0.400 e. The Balaban J connectivity index is 4.40. The molecule has 0 unspecified atom stereocenters. The van der Waals surface area contributed by atoms with E-state index >= 15 is 0 Å². The summed E-state index contributed by atoms with van der Waals surface area (Å²) in [5.41, 5.74) is 5.66. The quantitative estimate of drug-likeness (QED) is 0.533. The molecular formula is C6H11FN2. The van der Waals surface area contributed by atoms with Crippen LogP contribution >= 0.6 is 0 Å². The molecule has 0 heterocycles. The molecule has 0 rings (SSSR count). The van der Waals surface area contributed by atoms with E-state index in [-0.39, 0.29) is 5.70 Å². The first-order chi connectivity index (χ1) is 4.09. The molecule has 0 aliphatic carbocycles. The van der Waals surface area contributed by atoms with E-state index in [4.69, 9.17) is 5.73 Å². The molecule has 52 valence electrons. The summed E-state index contributed by atoms with van der Waals surface area (Å²) < 4.78 is 12.5. The Morgan fingerprint density at radius 2 is 1.89 bits per heavy atom. The topological polar surface area (TPSA) is 38.4 Å². The maximum Gasteiger partial charge on any atom is 0.162 e. The van der Waals surface area contributed by atoms with Gasteiger partial charge in [0.05, 0.1) is 5.71 Å². The maximum atomic E-state index is 12.5. The Kier molecular flexibility index (Phi) is 2.91. The summed E-state index contributed by atoms with van der Waals surface area (Å²) in [6.07, 6.45) is 0. The van der Waals surface area contributed by atoms with Gasteiger partial charge in [-0.2, -0.15) is 0 Å². The van der Waals surface area contributed by atoms with Gasteiger partial charge in [-0.15, -0.1) is 0 Å². The van der Waals surface area contributed by atoms with E-state index in [1.165, 1.54) is 14.0 Å². The van der Waals surface area contributed by atoms with E-state index in [9.17, 15) is 4.39 Å². The first-order valence-electron chi connectivity index (χ1n) is 2.65. The summed E-state index contributed by atoms with van der Waals surface area (Å²) in [5.74, 6) is -0.419. The highest BCUT2D eigenvalue weighted by molar-refractivity contribution is 5.96. The number of allylic oxidation sites excluding steroid dienone is 2. The van der Waals surface area contributed by atoms with Gasteiger partial charge >= 0.3 is 0 Å². The Labute approximate surface area is 54.3 Å². The molecule has 9 heavy (non-hydrogen) atoms. The molecule has 2 N–H and O–H groups in total. The van der Waals surface area contributed by atoms with Crippen molar-refractivity contribution < 1.29 is 4.39 Å². The highest BCUT2D eigenvalue weighted by atomic mass is 19.1. The molecule has 0 aliphatic heterocycles. The maximum absolute atomic E-state index is 12.5. The van der Waals surface area contributed by atoms with Crippen LogP contribution in [-0.2, 0) is 0 Å². The van der Waals surface area contributed by atoms with Crippen LogP contribution in [0.2, 0.25) is 0 Å². The lowest BCUT2D eigenvalue weighted by Gasteiger charge is -1.95. The number of nitrogens with zero attached hydrogens (tertiary/aromatic N) is 1. The molecule has 0 saturated carbocycles. The Morgan fingerprint density at radius 1 is 1.44 bits per heavy atom. The van der Waals surface area contributed by atoms with Gasteiger partial charge in [0.2, 0.25) is 0 Å². The second-order valence-corrected chi connectivity index (χ2v) is 1.81. The van der Waals surface area contributed by atoms with Gasteiger partial charge in [0, 0.05) is 12.7 Å². The average Bonchev–Trinajstić information content (AvgIpc) is 1.84. The van der Waals surface area contributed by atoms with Crippen LogP contribution in [-0.4, -0.2) is 12.8 Å². The highest BCUT2D eigenvalue weighted by Crippen LogP contribution is 2.01. The van der Waals surface area contributed by atoms with Gasteiger partial charge in [-0.1, -0.05) is 0 Å². The van der Waals surface area contributed by atoms with Gasteiger partial charge in [-0.3, -0.25) is 4.99 Å². The fraction of sp³-hybridized carbons (Fsp3) is 0.500. The highest BCUT2D eigenvalue weighted by Gasteiger charge is 1.99. The average molecular weight is 130 g/mol. The molecule has 2 nitrogen and oxygen atoms in total. The van der Waals surface area contributed by atoms with Crippen molar-refractivity contribution in [3.63, 3.8) is 0 Å². The predicted molar refractivity (Wildman–Crippen MR) is 37.0 cm³/mol. The van der Waals surface area contributed by atoms with Crippen LogP contribution in [0.4, 0.5) is 4.39 Å². The van der Waals surface area contributed by atoms with Crippen molar-refractivity contribution in [3.8, 4) is 0 Å². The predicted octanol–water partition coefficient (Wildman–Crippen LogP) is 1.24. The third-order valence-electron chi connectivity index (χ3n) is 0.999. The van der Waals surface area contributed by atoms with Gasteiger partial charge < -0.3 is 5.73 Å². The van der Waals surface area contributed by atoms with Crippen molar-refractivity contribution in [3.05, 3.63) is 11.5 Å². The molecule has 3 heteroatoms. The van der Waals surface area contributed by atoms with Gasteiger partial charge in [-0.05, 0) is 13.8 Å². The van der Waals surface area contributed by atoms with E-state index in [1.807, 2.05) is 0 Å². The van der Waals surface area contributed by atoms with E-state index < -0.39 is 5.83 Å². The van der Waals surface area contributed by atoms with E-state index in [0.29, 0.717) is 5.71 Å². The Hall–Kier alpha value is -0.860. The first kappa shape index (κ1) is 8.14. The minimum absolute atomic E-state index is 0.179. The van der Waals surface area contributed by atoms with Gasteiger partial charge in [-0.25, -0.2) is 4.39 Å². The van der Waals surface area contributed by atoms with Crippen LogP contribution in [0.3, 0.4) is 0 Å². The normalized spacial score (nSPS) is 15.3. The largest absolute Gasteiger partial charge is 0.400 e. The lowest BCUT2D eigenvalue weighted by Crippen LogP contribution is -2.01. The Morgan fingerprint density at radius 3 is 2.00 bits per heavy atom. The lowest BCUT2D eigenvalue weighted by molar-refractivity contribution is 0.665. The number of hydrogen-bond acceptors (Lipinski definition) is 2. The molecule has 0 radical (unpaired) electrons. The molecule has 0 aromatic rings. The van der Waals surface area contributed by atoms with Crippen LogP contribution in [0.5, 0.6) is 0 Å². The molecule has 0 spiro atoms. The number of nitrogens with two attached hydrogens (primary N) is 1. The second-order valence-electron chi connectivity index (χ2n) is 1.81. The fourth-order valence-electron chi connectivity index (χ4n) is 0.384. The standard InChI is InChI=1S/C6H11FN2/c1-4(8)6(7)5(2)9-3/h8H2,1-3H3/b6-4+,9-5?. The van der Waals surface area contributed by atoms with Gasteiger partial charge in [0.1, 0.15) is 0 Å². The van der Waals surface area contributed by atoms with Gasteiger partial charge in [0.15, 0.2) is 5.83 Å². The van der Waals surface area contributed by atoms with Crippen molar-refractivity contribution in [2.75, 3.05) is 7.05 Å². The van der Waals surface area contributed by atoms with Crippen LogP contribution in [0.15, 0.2) is 16.5 Å². The third-order valence-corrected chi connectivity index (χ3v) is 0.999. The van der Waals surface area contributed by atoms with Gasteiger partial charge in [0.25, 0.3) is 0 Å². The van der Waals surface area contributed by atoms with Crippen molar-refractivity contribution in [2.24, 2.45) is 10.7 Å². The van der Waals surface area contributed by atoms with E-state index in [1.54, 1.807) is 6.92 Å². The smallest absolute Gasteiger partial charge is 0.162 e. The molecule has 0 fully saturated rings. The zero-order valence-electron chi connectivity index (χ0n) is 5.90.